The summed E-state index contributed by atoms with van der Waals surface area (Å²) >= 11 is 0. The number of carbonyl (C=O) groups excluding carboxylic acids is 1. The van der Waals surface area contributed by atoms with Gasteiger partial charge in [-0.2, -0.15) is 5.26 Å². The van der Waals surface area contributed by atoms with Gasteiger partial charge >= 0.3 is 0 Å². The van der Waals surface area contributed by atoms with Crippen LogP contribution in [0.5, 0.6) is 0 Å². The van der Waals surface area contributed by atoms with E-state index in [0.717, 1.165) is 25.2 Å². The number of piperazine rings is 1. The molecule has 0 aromatic heterocycles. The maximum absolute atomic E-state index is 12.6. The summed E-state index contributed by atoms with van der Waals surface area (Å²) in [5.41, 5.74) is 2.94. The number of nitrogens with zero attached hydrogens (tertiary/aromatic N) is 3. The quantitative estimate of drug-likeness (QED) is 0.792. The van der Waals surface area contributed by atoms with Crippen LogP contribution in [0.4, 0.5) is 0 Å². The standard InChI is InChI=1S/C22H25N3O2/c1-18(27-17-21-5-3-2-4-6-21)22(26)25-13-11-24(12-14-25)16-20-9-7-19(15-23)8-10-20/h2-10,18H,11-14,16-17H2,1H3. The first-order valence-corrected chi connectivity index (χ1v) is 9.31. The normalized spacial score (nSPS) is 15.9. The largest absolute Gasteiger partial charge is 0.364 e. The molecule has 1 saturated heterocycles. The number of amides is 1. The highest BCUT2D eigenvalue weighted by Crippen LogP contribution is 2.12. The second kappa shape index (κ2) is 9.31. The lowest BCUT2D eigenvalue weighted by atomic mass is 10.1. The van der Waals surface area contributed by atoms with Gasteiger partial charge in [0, 0.05) is 32.7 Å². The van der Waals surface area contributed by atoms with Gasteiger partial charge in [0.15, 0.2) is 0 Å². The van der Waals surface area contributed by atoms with Gasteiger partial charge in [0.25, 0.3) is 5.91 Å². The molecule has 2 aromatic rings. The SMILES string of the molecule is CC(OCc1ccccc1)C(=O)N1CCN(Cc2ccc(C#N)cc2)CC1. The summed E-state index contributed by atoms with van der Waals surface area (Å²) < 4.78 is 5.76. The number of benzene rings is 2. The van der Waals surface area contributed by atoms with E-state index in [2.05, 4.69) is 11.0 Å². The van der Waals surface area contributed by atoms with E-state index in [1.54, 1.807) is 0 Å². The molecule has 0 N–H and O–H groups in total. The Kier molecular flexibility index (Phi) is 6.59. The Hall–Kier alpha value is -2.68. The molecule has 1 amide bonds. The lowest BCUT2D eigenvalue weighted by Gasteiger charge is -2.35. The summed E-state index contributed by atoms with van der Waals surface area (Å²) in [6.45, 7) is 6.24. The average Bonchev–Trinajstić information content (AvgIpc) is 2.73. The summed E-state index contributed by atoms with van der Waals surface area (Å²) in [6, 6.07) is 19.7. The predicted molar refractivity (Wildman–Crippen MR) is 104 cm³/mol. The lowest BCUT2D eigenvalue weighted by Crippen LogP contribution is -2.51. The van der Waals surface area contributed by atoms with Crippen molar-refractivity contribution in [3.63, 3.8) is 0 Å². The van der Waals surface area contributed by atoms with Crippen molar-refractivity contribution in [1.82, 2.24) is 9.80 Å². The van der Waals surface area contributed by atoms with Gasteiger partial charge in [0.2, 0.25) is 0 Å². The fraction of sp³-hybridized carbons (Fsp3) is 0.364. The van der Waals surface area contributed by atoms with Gasteiger partial charge in [-0.05, 0) is 30.2 Å². The summed E-state index contributed by atoms with van der Waals surface area (Å²) in [5, 5.41) is 8.87. The van der Waals surface area contributed by atoms with E-state index < -0.39 is 6.10 Å². The van der Waals surface area contributed by atoms with Crippen molar-refractivity contribution < 1.29 is 9.53 Å². The van der Waals surface area contributed by atoms with Crippen molar-refractivity contribution in [3.8, 4) is 6.07 Å². The zero-order valence-electron chi connectivity index (χ0n) is 15.7. The molecule has 5 nitrogen and oxygen atoms in total. The van der Waals surface area contributed by atoms with E-state index in [1.165, 1.54) is 5.56 Å². The molecule has 0 radical (unpaired) electrons. The van der Waals surface area contributed by atoms with Crippen LogP contribution in [0.25, 0.3) is 0 Å². The van der Waals surface area contributed by atoms with Crippen LogP contribution in [0, 0.1) is 11.3 Å². The van der Waals surface area contributed by atoms with Gasteiger partial charge in [-0.15, -0.1) is 0 Å². The molecule has 1 atom stereocenters. The molecule has 2 aromatic carbocycles. The molecule has 1 heterocycles. The van der Waals surface area contributed by atoms with E-state index in [9.17, 15) is 4.79 Å². The van der Waals surface area contributed by atoms with E-state index in [0.29, 0.717) is 25.3 Å². The number of hydrogen-bond acceptors (Lipinski definition) is 4. The Morgan fingerprint density at radius 2 is 1.70 bits per heavy atom. The Labute approximate surface area is 160 Å². The first-order chi connectivity index (χ1) is 13.2. The second-order valence-electron chi connectivity index (χ2n) is 6.85. The Morgan fingerprint density at radius 3 is 2.33 bits per heavy atom. The molecule has 5 heteroatoms. The molecule has 0 spiro atoms. The fourth-order valence-corrected chi connectivity index (χ4v) is 3.19. The van der Waals surface area contributed by atoms with Crippen LogP contribution in [-0.2, 0) is 22.7 Å². The third-order valence-corrected chi connectivity index (χ3v) is 4.86. The van der Waals surface area contributed by atoms with Gasteiger partial charge in [0.05, 0.1) is 18.2 Å². The summed E-state index contributed by atoms with van der Waals surface area (Å²) in [6.07, 6.45) is -0.435. The summed E-state index contributed by atoms with van der Waals surface area (Å²) in [4.78, 5) is 16.8. The average molecular weight is 363 g/mol. The number of nitriles is 1. The Bertz CT molecular complexity index is 775. The van der Waals surface area contributed by atoms with Crippen LogP contribution >= 0.6 is 0 Å². The van der Waals surface area contributed by atoms with E-state index in [4.69, 9.17) is 10.00 Å². The molecular formula is C22H25N3O2. The number of ether oxygens (including phenoxy) is 1. The van der Waals surface area contributed by atoms with Crippen LogP contribution in [0.3, 0.4) is 0 Å². The minimum atomic E-state index is -0.435. The molecule has 140 valence electrons. The zero-order valence-corrected chi connectivity index (χ0v) is 15.7. The fourth-order valence-electron chi connectivity index (χ4n) is 3.19. The molecule has 1 unspecified atom stereocenters. The van der Waals surface area contributed by atoms with Gasteiger partial charge < -0.3 is 9.64 Å². The molecule has 1 aliphatic heterocycles. The highest BCUT2D eigenvalue weighted by molar-refractivity contribution is 5.80. The summed E-state index contributed by atoms with van der Waals surface area (Å²) in [7, 11) is 0. The van der Waals surface area contributed by atoms with Crippen LogP contribution in [0.15, 0.2) is 54.6 Å². The zero-order chi connectivity index (χ0) is 19.1. The molecule has 1 aliphatic rings. The monoisotopic (exact) mass is 363 g/mol. The molecule has 0 aliphatic carbocycles. The predicted octanol–water partition coefficient (Wildman–Crippen LogP) is 2.81. The molecule has 1 fully saturated rings. The third kappa shape index (κ3) is 5.40. The Balaban J connectivity index is 1.43. The maximum atomic E-state index is 12.6. The molecular weight excluding hydrogens is 338 g/mol. The molecule has 0 bridgehead atoms. The first kappa shape index (κ1) is 19.1. The second-order valence-corrected chi connectivity index (χ2v) is 6.85. The van der Waals surface area contributed by atoms with Crippen molar-refractivity contribution >= 4 is 5.91 Å². The lowest BCUT2D eigenvalue weighted by molar-refractivity contribution is -0.145. The third-order valence-electron chi connectivity index (χ3n) is 4.86. The molecule has 27 heavy (non-hydrogen) atoms. The van der Waals surface area contributed by atoms with Crippen LogP contribution < -0.4 is 0 Å². The van der Waals surface area contributed by atoms with E-state index in [-0.39, 0.29) is 5.91 Å². The van der Waals surface area contributed by atoms with E-state index in [1.807, 2.05) is 66.4 Å². The molecule has 0 saturated carbocycles. The van der Waals surface area contributed by atoms with Crippen LogP contribution in [-0.4, -0.2) is 48.0 Å². The number of carbonyl (C=O) groups is 1. The Morgan fingerprint density at radius 1 is 1.04 bits per heavy atom. The van der Waals surface area contributed by atoms with Crippen LogP contribution in [0.1, 0.15) is 23.6 Å². The highest BCUT2D eigenvalue weighted by Gasteiger charge is 2.25. The minimum absolute atomic E-state index is 0.0592. The van der Waals surface area contributed by atoms with Crippen molar-refractivity contribution in [1.29, 1.82) is 5.26 Å². The highest BCUT2D eigenvalue weighted by atomic mass is 16.5. The van der Waals surface area contributed by atoms with Gasteiger partial charge in [-0.3, -0.25) is 9.69 Å². The van der Waals surface area contributed by atoms with Crippen molar-refractivity contribution in [2.75, 3.05) is 26.2 Å². The topological polar surface area (TPSA) is 56.6 Å². The van der Waals surface area contributed by atoms with Crippen molar-refractivity contribution in [3.05, 3.63) is 71.3 Å². The van der Waals surface area contributed by atoms with Crippen molar-refractivity contribution in [2.24, 2.45) is 0 Å². The number of hydrogen-bond donors (Lipinski definition) is 0. The smallest absolute Gasteiger partial charge is 0.251 e. The van der Waals surface area contributed by atoms with E-state index >= 15 is 0 Å². The summed E-state index contributed by atoms with van der Waals surface area (Å²) in [5.74, 6) is 0.0592. The first-order valence-electron chi connectivity index (χ1n) is 9.31. The minimum Gasteiger partial charge on any atom is -0.364 e. The van der Waals surface area contributed by atoms with Gasteiger partial charge in [0.1, 0.15) is 6.10 Å². The maximum Gasteiger partial charge on any atom is 0.251 e. The van der Waals surface area contributed by atoms with Gasteiger partial charge in [-0.1, -0.05) is 42.5 Å². The van der Waals surface area contributed by atoms with Gasteiger partial charge in [-0.25, -0.2) is 0 Å². The number of rotatable bonds is 6. The van der Waals surface area contributed by atoms with Crippen molar-refractivity contribution in [2.45, 2.75) is 26.2 Å². The molecule has 3 rings (SSSR count). The van der Waals surface area contributed by atoms with Crippen LogP contribution in [0.2, 0.25) is 0 Å².